The molecule has 1 saturated carbocycles. The highest BCUT2D eigenvalue weighted by Crippen LogP contribution is 2.38. The average Bonchev–Trinajstić information content (AvgIpc) is 2.74. The van der Waals surface area contributed by atoms with Gasteiger partial charge in [0.25, 0.3) is 0 Å². The zero-order valence-corrected chi connectivity index (χ0v) is 16.7. The van der Waals surface area contributed by atoms with E-state index in [-0.39, 0.29) is 5.82 Å². The molecule has 0 unspecified atom stereocenters. The van der Waals surface area contributed by atoms with Crippen molar-refractivity contribution in [3.05, 3.63) is 76.1 Å². The summed E-state index contributed by atoms with van der Waals surface area (Å²) in [5.41, 5.74) is 7.04. The van der Waals surface area contributed by atoms with E-state index in [1.165, 1.54) is 48.8 Å². The molecule has 0 spiro atoms. The molecule has 0 bridgehead atoms. The molecule has 4 rings (SSSR count). The summed E-state index contributed by atoms with van der Waals surface area (Å²) < 4.78 is 14.6. The van der Waals surface area contributed by atoms with Gasteiger partial charge in [0.2, 0.25) is 0 Å². The molecule has 142 valence electrons. The maximum absolute atomic E-state index is 14.6. The molecular formula is C26H31F. The van der Waals surface area contributed by atoms with E-state index >= 15 is 0 Å². The molecule has 1 heteroatoms. The van der Waals surface area contributed by atoms with Gasteiger partial charge in [0.15, 0.2) is 0 Å². The quantitative estimate of drug-likeness (QED) is 0.537. The molecular weight excluding hydrogens is 331 g/mol. The Morgan fingerprint density at radius 2 is 1.67 bits per heavy atom. The first-order valence-corrected chi connectivity index (χ1v) is 10.8. The highest BCUT2D eigenvalue weighted by atomic mass is 19.1. The Labute approximate surface area is 163 Å². The third kappa shape index (κ3) is 3.74. The van der Waals surface area contributed by atoms with Crippen molar-refractivity contribution < 1.29 is 4.39 Å². The van der Waals surface area contributed by atoms with Crippen molar-refractivity contribution in [2.24, 2.45) is 5.92 Å². The lowest BCUT2D eigenvalue weighted by atomic mass is 9.77. The van der Waals surface area contributed by atoms with Crippen LogP contribution < -0.4 is 0 Å². The first kappa shape index (κ1) is 18.5. The standard InChI is InChI=1S/C26H31F/c1-3-18-5-7-20(8-6-18)21-10-12-22(13-11-21)23-15-16-25-24(17-23)14-9-19(4-2)26(25)27/h9-15,18,20H,3-8,16-17H2,1-2H3. The summed E-state index contributed by atoms with van der Waals surface area (Å²) in [6.45, 7) is 4.34. The summed E-state index contributed by atoms with van der Waals surface area (Å²) in [6.07, 6.45) is 11.3. The molecule has 2 aromatic rings. The Kier molecular flexibility index (Phi) is 5.48. The van der Waals surface area contributed by atoms with Gasteiger partial charge in [0, 0.05) is 0 Å². The lowest BCUT2D eigenvalue weighted by molar-refractivity contribution is 0.319. The minimum Gasteiger partial charge on any atom is -0.206 e. The van der Waals surface area contributed by atoms with Crippen LogP contribution in [0.15, 0.2) is 42.5 Å². The van der Waals surface area contributed by atoms with Crippen molar-refractivity contribution in [3.8, 4) is 0 Å². The molecule has 1 fully saturated rings. The van der Waals surface area contributed by atoms with E-state index in [1.54, 1.807) is 0 Å². The summed E-state index contributed by atoms with van der Waals surface area (Å²) in [5, 5.41) is 0. The normalized spacial score (nSPS) is 22.3. The Bertz CT molecular complexity index is 820. The summed E-state index contributed by atoms with van der Waals surface area (Å²) in [7, 11) is 0. The van der Waals surface area contributed by atoms with E-state index < -0.39 is 0 Å². The topological polar surface area (TPSA) is 0 Å². The molecule has 0 amide bonds. The summed E-state index contributed by atoms with van der Waals surface area (Å²) in [4.78, 5) is 0. The Hall–Kier alpha value is -1.89. The van der Waals surface area contributed by atoms with Crippen LogP contribution in [0.5, 0.6) is 0 Å². The van der Waals surface area contributed by atoms with Gasteiger partial charge in [0.05, 0.1) is 0 Å². The smallest absolute Gasteiger partial charge is 0.130 e. The second kappa shape index (κ2) is 8.00. The predicted octanol–water partition coefficient (Wildman–Crippen LogP) is 7.25. The van der Waals surface area contributed by atoms with Gasteiger partial charge in [-0.05, 0) is 90.2 Å². The maximum atomic E-state index is 14.6. The first-order valence-electron chi connectivity index (χ1n) is 10.8. The highest BCUT2D eigenvalue weighted by Gasteiger charge is 2.22. The highest BCUT2D eigenvalue weighted by molar-refractivity contribution is 5.71. The van der Waals surface area contributed by atoms with Crippen molar-refractivity contribution in [1.29, 1.82) is 0 Å². The number of hydrogen-bond donors (Lipinski definition) is 0. The van der Waals surface area contributed by atoms with Crippen LogP contribution in [0.4, 0.5) is 4.39 Å². The minimum absolute atomic E-state index is 0.0170. The molecule has 0 radical (unpaired) electrons. The van der Waals surface area contributed by atoms with E-state index in [0.29, 0.717) is 6.42 Å². The Balaban J connectivity index is 1.48. The number of hydrogen-bond acceptors (Lipinski definition) is 0. The Morgan fingerprint density at radius 1 is 0.926 bits per heavy atom. The van der Waals surface area contributed by atoms with Gasteiger partial charge in [-0.3, -0.25) is 0 Å². The zero-order valence-electron chi connectivity index (χ0n) is 16.7. The predicted molar refractivity (Wildman–Crippen MR) is 113 cm³/mol. The molecule has 0 heterocycles. The molecule has 0 nitrogen and oxygen atoms in total. The van der Waals surface area contributed by atoms with Gasteiger partial charge >= 0.3 is 0 Å². The Morgan fingerprint density at radius 3 is 2.33 bits per heavy atom. The van der Waals surface area contributed by atoms with Gasteiger partial charge in [0.1, 0.15) is 5.82 Å². The molecule has 0 atom stereocenters. The van der Waals surface area contributed by atoms with Crippen LogP contribution in [-0.2, 0) is 19.3 Å². The van der Waals surface area contributed by atoms with Crippen LogP contribution in [-0.4, -0.2) is 0 Å². The van der Waals surface area contributed by atoms with Crippen molar-refractivity contribution >= 4 is 5.57 Å². The SMILES string of the molecule is CCc1ccc2c(c1F)CC=C(c1ccc(C3CCC(CC)CC3)cc1)C2. The van der Waals surface area contributed by atoms with Crippen LogP contribution >= 0.6 is 0 Å². The fourth-order valence-electron chi connectivity index (χ4n) is 4.97. The zero-order chi connectivity index (χ0) is 18.8. The summed E-state index contributed by atoms with van der Waals surface area (Å²) in [5.74, 6) is 1.70. The fourth-order valence-corrected chi connectivity index (χ4v) is 4.97. The van der Waals surface area contributed by atoms with E-state index in [0.717, 1.165) is 41.4 Å². The molecule has 0 aromatic heterocycles. The average molecular weight is 363 g/mol. The van der Waals surface area contributed by atoms with E-state index in [4.69, 9.17) is 0 Å². The van der Waals surface area contributed by atoms with Gasteiger partial charge in [-0.1, -0.05) is 62.7 Å². The fraction of sp³-hybridized carbons (Fsp3) is 0.462. The van der Waals surface area contributed by atoms with Crippen LogP contribution in [0, 0.1) is 11.7 Å². The number of allylic oxidation sites excluding steroid dienone is 2. The van der Waals surface area contributed by atoms with Gasteiger partial charge < -0.3 is 0 Å². The number of benzene rings is 2. The molecule has 2 aromatic carbocycles. The number of aryl methyl sites for hydroxylation is 1. The second-order valence-electron chi connectivity index (χ2n) is 8.39. The summed E-state index contributed by atoms with van der Waals surface area (Å²) >= 11 is 0. The van der Waals surface area contributed by atoms with Crippen LogP contribution in [0.2, 0.25) is 0 Å². The monoisotopic (exact) mass is 362 g/mol. The van der Waals surface area contributed by atoms with E-state index in [2.05, 4.69) is 43.3 Å². The molecule has 0 aliphatic heterocycles. The van der Waals surface area contributed by atoms with Crippen molar-refractivity contribution in [1.82, 2.24) is 0 Å². The van der Waals surface area contributed by atoms with Crippen molar-refractivity contribution in [3.63, 3.8) is 0 Å². The van der Waals surface area contributed by atoms with Crippen LogP contribution in [0.25, 0.3) is 5.57 Å². The molecule has 2 aliphatic carbocycles. The molecule has 0 N–H and O–H groups in total. The van der Waals surface area contributed by atoms with Gasteiger partial charge in [-0.25, -0.2) is 4.39 Å². The number of halogens is 1. The van der Waals surface area contributed by atoms with Crippen LogP contribution in [0.1, 0.15) is 79.7 Å². The lowest BCUT2D eigenvalue weighted by Crippen LogP contribution is -2.12. The van der Waals surface area contributed by atoms with Crippen molar-refractivity contribution in [2.75, 3.05) is 0 Å². The minimum atomic E-state index is 0.0170. The molecule has 2 aliphatic rings. The van der Waals surface area contributed by atoms with Gasteiger partial charge in [-0.15, -0.1) is 0 Å². The number of rotatable bonds is 4. The molecule has 0 saturated heterocycles. The van der Waals surface area contributed by atoms with Crippen molar-refractivity contribution in [2.45, 2.75) is 71.1 Å². The summed E-state index contributed by atoms with van der Waals surface area (Å²) in [6, 6.07) is 13.3. The van der Waals surface area contributed by atoms with E-state index in [9.17, 15) is 4.39 Å². The van der Waals surface area contributed by atoms with E-state index in [1.807, 2.05) is 13.0 Å². The third-order valence-corrected chi connectivity index (χ3v) is 6.91. The van der Waals surface area contributed by atoms with Crippen LogP contribution in [0.3, 0.4) is 0 Å². The first-order chi connectivity index (χ1) is 13.2. The maximum Gasteiger partial charge on any atom is 0.130 e. The van der Waals surface area contributed by atoms with Gasteiger partial charge in [-0.2, -0.15) is 0 Å². The number of fused-ring (bicyclic) bond motifs is 1. The lowest BCUT2D eigenvalue weighted by Gasteiger charge is -2.28. The largest absolute Gasteiger partial charge is 0.206 e. The third-order valence-electron chi connectivity index (χ3n) is 6.91. The molecule has 27 heavy (non-hydrogen) atoms. The second-order valence-corrected chi connectivity index (χ2v) is 8.39.